The van der Waals surface area contributed by atoms with Crippen molar-refractivity contribution in [2.75, 3.05) is 31.9 Å². The zero-order chi connectivity index (χ0) is 14.6. The first-order valence-corrected chi connectivity index (χ1v) is 8.24. The molecule has 20 heavy (non-hydrogen) atoms. The lowest BCUT2D eigenvalue weighted by Gasteiger charge is -2.26. The summed E-state index contributed by atoms with van der Waals surface area (Å²) in [5, 5.41) is 0. The second-order valence-electron chi connectivity index (χ2n) is 4.98. The predicted octanol–water partition coefficient (Wildman–Crippen LogP) is 1.17. The summed E-state index contributed by atoms with van der Waals surface area (Å²) < 4.78 is 39.8. The quantitative estimate of drug-likeness (QED) is 0.801. The van der Waals surface area contributed by atoms with E-state index in [1.54, 1.807) is 0 Å². The Bertz CT molecular complexity index is 557. The summed E-state index contributed by atoms with van der Waals surface area (Å²) in [4.78, 5) is 2.14. The molecular formula is C13H20FN3O2S. The van der Waals surface area contributed by atoms with E-state index in [-0.39, 0.29) is 10.6 Å². The third kappa shape index (κ3) is 3.91. The minimum Gasteiger partial charge on any atom is -0.396 e. The van der Waals surface area contributed by atoms with Gasteiger partial charge >= 0.3 is 0 Å². The van der Waals surface area contributed by atoms with Crippen molar-refractivity contribution in [2.24, 2.45) is 0 Å². The van der Waals surface area contributed by atoms with Crippen LogP contribution in [0.1, 0.15) is 19.3 Å². The van der Waals surface area contributed by atoms with Crippen molar-refractivity contribution in [3.63, 3.8) is 0 Å². The average Bonchev–Trinajstić information content (AvgIpc) is 2.43. The van der Waals surface area contributed by atoms with Crippen LogP contribution in [0.25, 0.3) is 0 Å². The predicted molar refractivity (Wildman–Crippen MR) is 76.3 cm³/mol. The van der Waals surface area contributed by atoms with Crippen molar-refractivity contribution in [3.8, 4) is 0 Å². The van der Waals surface area contributed by atoms with Gasteiger partial charge in [0.1, 0.15) is 5.82 Å². The Balaban J connectivity index is 1.91. The van der Waals surface area contributed by atoms with Crippen LogP contribution in [0.3, 0.4) is 0 Å². The number of nitrogen functional groups attached to an aromatic ring is 1. The standard InChI is InChI=1S/C13H20FN3O2S/c14-12-10-11(4-5-13(12)15)20(18,19)16-6-9-17-7-2-1-3-8-17/h4-5,10,16H,1-3,6-9,15H2. The molecule has 0 radical (unpaired) electrons. The normalized spacial score (nSPS) is 17.2. The molecule has 0 amide bonds. The van der Waals surface area contributed by atoms with Gasteiger partial charge in [-0.15, -0.1) is 0 Å². The van der Waals surface area contributed by atoms with E-state index < -0.39 is 15.8 Å². The van der Waals surface area contributed by atoms with E-state index in [1.807, 2.05) is 0 Å². The van der Waals surface area contributed by atoms with Crippen LogP contribution < -0.4 is 10.5 Å². The maximum absolute atomic E-state index is 13.3. The SMILES string of the molecule is Nc1ccc(S(=O)(=O)NCCN2CCCCC2)cc1F. The van der Waals surface area contributed by atoms with Crippen LogP contribution in [-0.2, 0) is 10.0 Å². The number of nitrogens with one attached hydrogen (secondary N) is 1. The van der Waals surface area contributed by atoms with Crippen molar-refractivity contribution < 1.29 is 12.8 Å². The highest BCUT2D eigenvalue weighted by atomic mass is 32.2. The molecule has 1 fully saturated rings. The number of hydrogen-bond acceptors (Lipinski definition) is 4. The maximum atomic E-state index is 13.3. The van der Waals surface area contributed by atoms with Gasteiger partial charge < -0.3 is 10.6 Å². The first-order chi connectivity index (χ1) is 9.49. The molecule has 1 aliphatic rings. The fraction of sp³-hybridized carbons (Fsp3) is 0.538. The highest BCUT2D eigenvalue weighted by Crippen LogP contribution is 2.16. The van der Waals surface area contributed by atoms with E-state index in [0.29, 0.717) is 13.1 Å². The monoisotopic (exact) mass is 301 g/mol. The van der Waals surface area contributed by atoms with E-state index in [4.69, 9.17) is 5.73 Å². The zero-order valence-corrected chi connectivity index (χ0v) is 12.1. The largest absolute Gasteiger partial charge is 0.396 e. The number of hydrogen-bond donors (Lipinski definition) is 2. The molecule has 7 heteroatoms. The summed E-state index contributed by atoms with van der Waals surface area (Å²) in [6.45, 7) is 3.03. The molecular weight excluding hydrogens is 281 g/mol. The molecule has 0 bridgehead atoms. The molecule has 1 saturated heterocycles. The van der Waals surface area contributed by atoms with Gasteiger partial charge in [-0.2, -0.15) is 0 Å². The lowest BCUT2D eigenvalue weighted by molar-refractivity contribution is 0.233. The minimum atomic E-state index is -3.67. The molecule has 1 aromatic carbocycles. The fourth-order valence-corrected chi connectivity index (χ4v) is 3.31. The number of rotatable bonds is 5. The first-order valence-electron chi connectivity index (χ1n) is 6.76. The number of benzene rings is 1. The molecule has 2 rings (SSSR count). The molecule has 112 valence electrons. The fourth-order valence-electron chi connectivity index (χ4n) is 2.28. The van der Waals surface area contributed by atoms with Crippen LogP contribution in [-0.4, -0.2) is 39.5 Å². The number of likely N-dealkylation sites (tertiary alicyclic amines) is 1. The molecule has 3 N–H and O–H groups in total. The van der Waals surface area contributed by atoms with E-state index >= 15 is 0 Å². The summed E-state index contributed by atoms with van der Waals surface area (Å²) in [6.07, 6.45) is 3.57. The highest BCUT2D eigenvalue weighted by Gasteiger charge is 2.16. The van der Waals surface area contributed by atoms with Crippen molar-refractivity contribution in [2.45, 2.75) is 24.2 Å². The average molecular weight is 301 g/mol. The van der Waals surface area contributed by atoms with Crippen LogP contribution in [0.2, 0.25) is 0 Å². The number of halogens is 1. The number of piperidine rings is 1. The van der Waals surface area contributed by atoms with Crippen molar-refractivity contribution in [3.05, 3.63) is 24.0 Å². The summed E-state index contributed by atoms with van der Waals surface area (Å²) in [6, 6.07) is 3.51. The molecule has 0 saturated carbocycles. The molecule has 1 heterocycles. The molecule has 0 aliphatic carbocycles. The van der Waals surface area contributed by atoms with E-state index in [2.05, 4.69) is 9.62 Å². The molecule has 5 nitrogen and oxygen atoms in total. The zero-order valence-electron chi connectivity index (χ0n) is 11.3. The minimum absolute atomic E-state index is 0.0581. The Morgan fingerprint density at radius 1 is 1.25 bits per heavy atom. The number of sulfonamides is 1. The van der Waals surface area contributed by atoms with Crippen molar-refractivity contribution in [1.29, 1.82) is 0 Å². The topological polar surface area (TPSA) is 75.4 Å². The van der Waals surface area contributed by atoms with Gasteiger partial charge in [0.25, 0.3) is 0 Å². The third-order valence-corrected chi connectivity index (χ3v) is 4.91. The summed E-state index contributed by atoms with van der Waals surface area (Å²) in [5.41, 5.74) is 5.27. The summed E-state index contributed by atoms with van der Waals surface area (Å²) >= 11 is 0. The Morgan fingerprint density at radius 2 is 1.95 bits per heavy atom. The Hall–Kier alpha value is -1.18. The van der Waals surface area contributed by atoms with Gasteiger partial charge in [-0.05, 0) is 44.1 Å². The number of nitrogens with zero attached hydrogens (tertiary/aromatic N) is 1. The number of anilines is 1. The summed E-state index contributed by atoms with van der Waals surface area (Å²) in [7, 11) is -3.67. The van der Waals surface area contributed by atoms with Gasteiger partial charge in [-0.25, -0.2) is 17.5 Å². The summed E-state index contributed by atoms with van der Waals surface area (Å²) in [5.74, 6) is -0.719. The van der Waals surface area contributed by atoms with Gasteiger partial charge in [0.15, 0.2) is 0 Å². The third-order valence-electron chi connectivity index (χ3n) is 3.45. The Morgan fingerprint density at radius 3 is 2.60 bits per heavy atom. The van der Waals surface area contributed by atoms with Crippen molar-refractivity contribution >= 4 is 15.7 Å². The van der Waals surface area contributed by atoms with E-state index in [9.17, 15) is 12.8 Å². The van der Waals surface area contributed by atoms with Gasteiger partial charge in [0.05, 0.1) is 10.6 Å². The van der Waals surface area contributed by atoms with Crippen LogP contribution in [0.4, 0.5) is 10.1 Å². The highest BCUT2D eigenvalue weighted by molar-refractivity contribution is 7.89. The van der Waals surface area contributed by atoms with Crippen LogP contribution in [0.5, 0.6) is 0 Å². The first kappa shape index (κ1) is 15.2. The van der Waals surface area contributed by atoms with E-state index in [0.717, 1.165) is 32.0 Å². The Labute approximate surface area is 119 Å². The van der Waals surface area contributed by atoms with Gasteiger partial charge in [0.2, 0.25) is 10.0 Å². The van der Waals surface area contributed by atoms with Crippen LogP contribution in [0, 0.1) is 5.82 Å². The van der Waals surface area contributed by atoms with E-state index in [1.165, 1.54) is 18.6 Å². The maximum Gasteiger partial charge on any atom is 0.240 e. The van der Waals surface area contributed by atoms with Gasteiger partial charge in [0, 0.05) is 13.1 Å². The van der Waals surface area contributed by atoms with Crippen LogP contribution in [0.15, 0.2) is 23.1 Å². The smallest absolute Gasteiger partial charge is 0.240 e. The van der Waals surface area contributed by atoms with Crippen LogP contribution >= 0.6 is 0 Å². The van der Waals surface area contributed by atoms with Gasteiger partial charge in [-0.1, -0.05) is 6.42 Å². The molecule has 0 aromatic heterocycles. The Kier molecular flexibility index (Phi) is 4.95. The lowest BCUT2D eigenvalue weighted by Crippen LogP contribution is -2.37. The molecule has 0 spiro atoms. The number of nitrogens with two attached hydrogens (primary N) is 1. The molecule has 1 aliphatic heterocycles. The molecule has 0 unspecified atom stereocenters. The second-order valence-corrected chi connectivity index (χ2v) is 6.75. The lowest BCUT2D eigenvalue weighted by atomic mass is 10.1. The molecule has 1 aromatic rings. The molecule has 0 atom stereocenters. The van der Waals surface area contributed by atoms with Crippen molar-refractivity contribution in [1.82, 2.24) is 9.62 Å². The van der Waals surface area contributed by atoms with Gasteiger partial charge in [-0.3, -0.25) is 0 Å². The second kappa shape index (κ2) is 6.51.